The van der Waals surface area contributed by atoms with Crippen LogP contribution < -0.4 is 9.47 Å². The molecule has 0 atom stereocenters. The number of carboxylic acids is 1. The summed E-state index contributed by atoms with van der Waals surface area (Å²) in [6, 6.07) is 16.6. The van der Waals surface area contributed by atoms with Crippen LogP contribution in [0.5, 0.6) is 11.5 Å². The summed E-state index contributed by atoms with van der Waals surface area (Å²) in [7, 11) is 1.60. The monoisotopic (exact) mass is 515 g/mol. The molecule has 0 amide bonds. The van der Waals surface area contributed by atoms with Gasteiger partial charge in [-0.05, 0) is 89.0 Å². The lowest BCUT2D eigenvalue weighted by Gasteiger charge is -2.14. The fourth-order valence-corrected chi connectivity index (χ4v) is 3.65. The number of hydrogen-bond donors (Lipinski definition) is 1. The smallest absolute Gasteiger partial charge is 0.335 e. The zero-order valence-corrected chi connectivity index (χ0v) is 19.1. The van der Waals surface area contributed by atoms with Crippen LogP contribution >= 0.6 is 22.6 Å². The Hall–Kier alpha value is -2.87. The van der Waals surface area contributed by atoms with E-state index >= 15 is 0 Å². The van der Waals surface area contributed by atoms with Crippen molar-refractivity contribution in [3.8, 4) is 11.5 Å². The van der Waals surface area contributed by atoms with E-state index in [0.717, 1.165) is 25.9 Å². The Morgan fingerprint density at radius 2 is 1.87 bits per heavy atom. The van der Waals surface area contributed by atoms with E-state index in [0.29, 0.717) is 18.1 Å². The topological polar surface area (TPSA) is 68.1 Å². The number of methoxy groups -OCH3 is 1. The molecule has 154 valence electrons. The summed E-state index contributed by atoms with van der Waals surface area (Å²) in [6.07, 6.45) is 1.82. The zero-order valence-electron chi connectivity index (χ0n) is 17.0. The molecular formula is C24H22INO4. The molecule has 0 spiro atoms. The number of aliphatic imine (C=N–C) groups is 1. The normalized spacial score (nSPS) is 10.9. The first-order valence-corrected chi connectivity index (χ1v) is 10.4. The highest BCUT2D eigenvalue weighted by molar-refractivity contribution is 14.1. The van der Waals surface area contributed by atoms with E-state index < -0.39 is 5.97 Å². The third-order valence-corrected chi connectivity index (χ3v) is 5.57. The van der Waals surface area contributed by atoms with Gasteiger partial charge < -0.3 is 14.6 Å². The highest BCUT2D eigenvalue weighted by atomic mass is 127. The lowest BCUT2D eigenvalue weighted by Crippen LogP contribution is -2.02. The van der Waals surface area contributed by atoms with E-state index in [1.165, 1.54) is 5.56 Å². The van der Waals surface area contributed by atoms with Crippen LogP contribution in [0.4, 0.5) is 5.69 Å². The number of carboxylic acid groups (broad SMARTS) is 1. The first-order valence-electron chi connectivity index (χ1n) is 9.32. The molecule has 0 aromatic heterocycles. The van der Waals surface area contributed by atoms with E-state index in [2.05, 4.69) is 47.5 Å². The maximum absolute atomic E-state index is 11.0. The van der Waals surface area contributed by atoms with Crippen molar-refractivity contribution in [3.63, 3.8) is 0 Å². The second-order valence-electron chi connectivity index (χ2n) is 6.80. The first-order chi connectivity index (χ1) is 14.4. The average molecular weight is 515 g/mol. The lowest BCUT2D eigenvalue weighted by atomic mass is 10.1. The SMILES string of the molecule is COc1cc(C=Nc2cccc(C)c2C)cc(I)c1OCc1ccc(C(=O)O)cc1. The van der Waals surface area contributed by atoms with Crippen LogP contribution in [0.15, 0.2) is 59.6 Å². The molecule has 0 saturated carbocycles. The molecule has 3 aromatic rings. The zero-order chi connectivity index (χ0) is 21.7. The molecule has 5 nitrogen and oxygen atoms in total. The number of rotatable bonds is 7. The van der Waals surface area contributed by atoms with Crippen LogP contribution in [-0.2, 0) is 6.61 Å². The van der Waals surface area contributed by atoms with E-state index in [1.54, 1.807) is 31.4 Å². The van der Waals surface area contributed by atoms with E-state index in [4.69, 9.17) is 14.6 Å². The highest BCUT2D eigenvalue weighted by Crippen LogP contribution is 2.34. The van der Waals surface area contributed by atoms with Gasteiger partial charge >= 0.3 is 5.97 Å². The molecule has 0 unspecified atom stereocenters. The Bertz CT molecular complexity index is 1090. The molecule has 0 bridgehead atoms. The van der Waals surface area contributed by atoms with E-state index in [-0.39, 0.29) is 5.56 Å². The third kappa shape index (κ3) is 5.18. The van der Waals surface area contributed by atoms with Crippen LogP contribution in [0.3, 0.4) is 0 Å². The third-order valence-electron chi connectivity index (χ3n) is 4.76. The summed E-state index contributed by atoms with van der Waals surface area (Å²) in [4.78, 5) is 15.6. The molecule has 3 aromatic carbocycles. The van der Waals surface area contributed by atoms with Crippen molar-refractivity contribution in [2.75, 3.05) is 7.11 Å². The number of nitrogens with zero attached hydrogens (tertiary/aromatic N) is 1. The van der Waals surface area contributed by atoms with Gasteiger partial charge in [0.05, 0.1) is 21.9 Å². The Balaban J connectivity index is 1.79. The first kappa shape index (κ1) is 21.8. The Morgan fingerprint density at radius 1 is 1.13 bits per heavy atom. The molecule has 30 heavy (non-hydrogen) atoms. The lowest BCUT2D eigenvalue weighted by molar-refractivity contribution is 0.0697. The molecule has 0 radical (unpaired) electrons. The number of ether oxygens (including phenoxy) is 2. The molecular weight excluding hydrogens is 493 g/mol. The predicted molar refractivity (Wildman–Crippen MR) is 127 cm³/mol. The molecule has 0 heterocycles. The number of carbonyl (C=O) groups is 1. The summed E-state index contributed by atoms with van der Waals surface area (Å²) in [5.74, 6) is 0.313. The standard InChI is InChI=1S/C24H22INO4/c1-15-5-4-6-21(16(15)2)26-13-18-11-20(25)23(22(12-18)29-3)30-14-17-7-9-19(10-8-17)24(27)28/h4-13H,14H2,1-3H3,(H,27,28). The predicted octanol–water partition coefficient (Wildman–Crippen LogP) is 5.94. The van der Waals surface area contributed by atoms with E-state index in [9.17, 15) is 4.79 Å². The van der Waals surface area contributed by atoms with Gasteiger partial charge in [0.15, 0.2) is 11.5 Å². The molecule has 3 rings (SSSR count). The van der Waals surface area contributed by atoms with Crippen LogP contribution in [0.1, 0.15) is 32.6 Å². The van der Waals surface area contributed by atoms with Crippen LogP contribution in [-0.4, -0.2) is 24.4 Å². The minimum absolute atomic E-state index is 0.249. The van der Waals surface area contributed by atoms with Crippen molar-refractivity contribution in [1.82, 2.24) is 0 Å². The summed E-state index contributed by atoms with van der Waals surface area (Å²) in [6.45, 7) is 4.44. The number of hydrogen-bond acceptors (Lipinski definition) is 4. The van der Waals surface area contributed by atoms with Gasteiger partial charge in [-0.1, -0.05) is 24.3 Å². The average Bonchev–Trinajstić information content (AvgIpc) is 2.74. The number of halogens is 1. The molecule has 0 saturated heterocycles. The quantitative estimate of drug-likeness (QED) is 0.312. The minimum Gasteiger partial charge on any atom is -0.493 e. The maximum atomic E-state index is 11.0. The minimum atomic E-state index is -0.947. The van der Waals surface area contributed by atoms with Crippen LogP contribution in [0, 0.1) is 17.4 Å². The van der Waals surface area contributed by atoms with Gasteiger partial charge in [0.2, 0.25) is 0 Å². The fourth-order valence-electron chi connectivity index (χ4n) is 2.87. The Kier molecular flexibility index (Phi) is 7.10. The van der Waals surface area contributed by atoms with Gasteiger partial charge in [-0.3, -0.25) is 4.99 Å². The fraction of sp³-hybridized carbons (Fsp3) is 0.167. The summed E-state index contributed by atoms with van der Waals surface area (Å²) in [5, 5.41) is 9.00. The summed E-state index contributed by atoms with van der Waals surface area (Å²) < 4.78 is 12.4. The van der Waals surface area contributed by atoms with Crippen LogP contribution in [0.2, 0.25) is 0 Å². The summed E-state index contributed by atoms with van der Waals surface area (Å²) in [5.41, 5.74) is 5.34. The van der Waals surface area contributed by atoms with Crippen molar-refractivity contribution in [2.45, 2.75) is 20.5 Å². The maximum Gasteiger partial charge on any atom is 0.335 e. The van der Waals surface area contributed by atoms with Crippen LogP contribution in [0.25, 0.3) is 0 Å². The van der Waals surface area contributed by atoms with E-state index in [1.807, 2.05) is 30.5 Å². The van der Waals surface area contributed by atoms with Gasteiger partial charge in [0.1, 0.15) is 6.61 Å². The molecule has 0 aliphatic rings. The molecule has 1 N–H and O–H groups in total. The van der Waals surface area contributed by atoms with Gasteiger partial charge in [-0.25, -0.2) is 4.79 Å². The van der Waals surface area contributed by atoms with Gasteiger partial charge in [0, 0.05) is 6.21 Å². The number of aromatic carboxylic acids is 1. The highest BCUT2D eigenvalue weighted by Gasteiger charge is 2.12. The molecule has 0 aliphatic heterocycles. The van der Waals surface area contributed by atoms with Crippen molar-refractivity contribution in [2.24, 2.45) is 4.99 Å². The molecule has 6 heteroatoms. The second-order valence-corrected chi connectivity index (χ2v) is 7.96. The Morgan fingerprint density at radius 3 is 2.53 bits per heavy atom. The Labute approximate surface area is 189 Å². The second kappa shape index (κ2) is 9.75. The van der Waals surface area contributed by atoms with Gasteiger partial charge in [-0.15, -0.1) is 0 Å². The number of benzene rings is 3. The van der Waals surface area contributed by atoms with Crippen molar-refractivity contribution < 1.29 is 19.4 Å². The van der Waals surface area contributed by atoms with Crippen molar-refractivity contribution >= 4 is 40.5 Å². The molecule has 0 fully saturated rings. The molecule has 0 aliphatic carbocycles. The van der Waals surface area contributed by atoms with Crippen molar-refractivity contribution in [1.29, 1.82) is 0 Å². The van der Waals surface area contributed by atoms with Crippen molar-refractivity contribution in [3.05, 3.63) is 86.0 Å². The van der Waals surface area contributed by atoms with Gasteiger partial charge in [0.25, 0.3) is 0 Å². The number of aryl methyl sites for hydroxylation is 1. The summed E-state index contributed by atoms with van der Waals surface area (Å²) >= 11 is 2.21. The largest absolute Gasteiger partial charge is 0.493 e. The van der Waals surface area contributed by atoms with Gasteiger partial charge in [-0.2, -0.15) is 0 Å².